The number of anilines is 1. The molecule has 5 heteroatoms. The molecule has 0 aliphatic heterocycles. The minimum Gasteiger partial charge on any atom is -0.399 e. The van der Waals surface area contributed by atoms with E-state index in [9.17, 15) is 0 Å². The van der Waals surface area contributed by atoms with Crippen LogP contribution in [0.3, 0.4) is 0 Å². The second-order valence-electron chi connectivity index (χ2n) is 4.86. The number of aryl methyl sites for hydroxylation is 1. The van der Waals surface area contributed by atoms with Gasteiger partial charge in [0.05, 0.1) is 0 Å². The largest absolute Gasteiger partial charge is 0.399 e. The van der Waals surface area contributed by atoms with Gasteiger partial charge in [-0.1, -0.05) is 39.3 Å². The van der Waals surface area contributed by atoms with Crippen LogP contribution in [0, 0.1) is 6.92 Å². The first kappa shape index (κ1) is 13.8. The molecule has 0 bridgehead atoms. The minimum atomic E-state index is 0.523. The predicted octanol–water partition coefficient (Wildman–Crippen LogP) is 3.98. The van der Waals surface area contributed by atoms with Crippen LogP contribution in [0.5, 0.6) is 0 Å². The molecule has 1 aromatic heterocycles. The number of benzene rings is 2. The number of nitrogens with zero attached hydrogens (tertiary/aromatic N) is 2. The molecule has 0 radical (unpaired) electrons. The van der Waals surface area contributed by atoms with E-state index in [4.69, 9.17) is 10.3 Å². The van der Waals surface area contributed by atoms with Crippen molar-refractivity contribution < 1.29 is 4.52 Å². The molecule has 0 aliphatic carbocycles. The Morgan fingerprint density at radius 1 is 1.19 bits per heavy atom. The van der Waals surface area contributed by atoms with Gasteiger partial charge in [-0.05, 0) is 42.3 Å². The van der Waals surface area contributed by atoms with Crippen LogP contribution in [0.25, 0.3) is 11.5 Å². The minimum absolute atomic E-state index is 0.523. The van der Waals surface area contributed by atoms with Gasteiger partial charge in [0.1, 0.15) is 0 Å². The van der Waals surface area contributed by atoms with Crippen molar-refractivity contribution in [2.75, 3.05) is 5.73 Å². The standard InChI is InChI=1S/C16H14BrN3O/c1-10-8-12(18)6-7-13(10)16-19-15(20-21-16)9-11-4-2-3-5-14(11)17/h2-8H,9,18H2,1H3. The van der Waals surface area contributed by atoms with Crippen molar-refractivity contribution >= 4 is 21.6 Å². The smallest absolute Gasteiger partial charge is 0.258 e. The van der Waals surface area contributed by atoms with Crippen molar-refractivity contribution in [1.29, 1.82) is 0 Å². The molecule has 0 amide bonds. The lowest BCUT2D eigenvalue weighted by molar-refractivity contribution is 0.423. The fourth-order valence-corrected chi connectivity index (χ4v) is 2.60. The lowest BCUT2D eigenvalue weighted by Gasteiger charge is -2.01. The Bertz CT molecular complexity index is 783. The SMILES string of the molecule is Cc1cc(N)ccc1-c1nc(Cc2ccccc2Br)no1. The molecule has 0 spiro atoms. The lowest BCUT2D eigenvalue weighted by Crippen LogP contribution is -1.92. The van der Waals surface area contributed by atoms with Gasteiger partial charge in [-0.15, -0.1) is 0 Å². The first-order valence-corrected chi connectivity index (χ1v) is 7.35. The molecule has 0 saturated heterocycles. The van der Waals surface area contributed by atoms with Crippen LogP contribution < -0.4 is 5.73 Å². The van der Waals surface area contributed by atoms with Crippen molar-refractivity contribution in [2.45, 2.75) is 13.3 Å². The van der Waals surface area contributed by atoms with Gasteiger partial charge in [0.2, 0.25) is 0 Å². The zero-order valence-electron chi connectivity index (χ0n) is 11.5. The maximum absolute atomic E-state index is 5.76. The van der Waals surface area contributed by atoms with Gasteiger partial charge in [-0.3, -0.25) is 0 Å². The highest BCUT2D eigenvalue weighted by Gasteiger charge is 2.12. The van der Waals surface area contributed by atoms with Crippen LogP contribution in [0.4, 0.5) is 5.69 Å². The van der Waals surface area contributed by atoms with E-state index in [1.165, 1.54) is 0 Å². The molecule has 3 aromatic rings. The maximum Gasteiger partial charge on any atom is 0.258 e. The molecule has 0 unspecified atom stereocenters. The van der Waals surface area contributed by atoms with Gasteiger partial charge in [0.25, 0.3) is 5.89 Å². The molecule has 3 rings (SSSR count). The lowest BCUT2D eigenvalue weighted by atomic mass is 10.1. The summed E-state index contributed by atoms with van der Waals surface area (Å²) >= 11 is 3.52. The van der Waals surface area contributed by atoms with E-state index in [1.807, 2.05) is 49.4 Å². The topological polar surface area (TPSA) is 64.9 Å². The Kier molecular flexibility index (Phi) is 3.75. The van der Waals surface area contributed by atoms with E-state index in [2.05, 4.69) is 26.1 Å². The van der Waals surface area contributed by atoms with E-state index in [0.29, 0.717) is 18.1 Å². The number of nitrogen functional groups attached to an aromatic ring is 1. The molecule has 0 fully saturated rings. The first-order chi connectivity index (χ1) is 10.1. The van der Waals surface area contributed by atoms with Gasteiger partial charge >= 0.3 is 0 Å². The Labute approximate surface area is 131 Å². The van der Waals surface area contributed by atoms with Gasteiger partial charge in [-0.25, -0.2) is 0 Å². The monoisotopic (exact) mass is 343 g/mol. The van der Waals surface area contributed by atoms with Crippen molar-refractivity contribution in [3.05, 3.63) is 63.9 Å². The molecule has 2 aromatic carbocycles. The average Bonchev–Trinajstić information content (AvgIpc) is 2.90. The fourth-order valence-electron chi connectivity index (χ4n) is 2.17. The highest BCUT2D eigenvalue weighted by atomic mass is 79.9. The van der Waals surface area contributed by atoms with Crippen molar-refractivity contribution in [2.24, 2.45) is 0 Å². The van der Waals surface area contributed by atoms with Crippen LogP contribution >= 0.6 is 15.9 Å². The van der Waals surface area contributed by atoms with Gasteiger partial charge in [-0.2, -0.15) is 4.98 Å². The van der Waals surface area contributed by atoms with Crippen LogP contribution in [0.15, 0.2) is 51.5 Å². The number of hydrogen-bond acceptors (Lipinski definition) is 4. The molecule has 0 aliphatic rings. The van der Waals surface area contributed by atoms with Crippen molar-refractivity contribution in [3.8, 4) is 11.5 Å². The van der Waals surface area contributed by atoms with Gasteiger partial charge in [0, 0.05) is 22.1 Å². The molecule has 0 saturated carbocycles. The summed E-state index contributed by atoms with van der Waals surface area (Å²) in [6, 6.07) is 13.6. The molecule has 21 heavy (non-hydrogen) atoms. The van der Waals surface area contributed by atoms with Crippen LogP contribution in [-0.4, -0.2) is 10.1 Å². The number of nitrogens with two attached hydrogens (primary N) is 1. The number of aromatic nitrogens is 2. The summed E-state index contributed by atoms with van der Waals surface area (Å²) in [6.07, 6.45) is 0.624. The highest BCUT2D eigenvalue weighted by Crippen LogP contribution is 2.25. The first-order valence-electron chi connectivity index (χ1n) is 6.56. The zero-order valence-corrected chi connectivity index (χ0v) is 13.1. The quantitative estimate of drug-likeness (QED) is 0.730. The molecule has 106 valence electrons. The van der Waals surface area contributed by atoms with E-state index in [-0.39, 0.29) is 0 Å². The predicted molar refractivity (Wildman–Crippen MR) is 85.8 cm³/mol. The molecule has 4 nitrogen and oxygen atoms in total. The highest BCUT2D eigenvalue weighted by molar-refractivity contribution is 9.10. The third-order valence-electron chi connectivity index (χ3n) is 3.26. The summed E-state index contributed by atoms with van der Waals surface area (Å²) in [5.41, 5.74) is 9.54. The second-order valence-corrected chi connectivity index (χ2v) is 5.71. The summed E-state index contributed by atoms with van der Waals surface area (Å²) < 4.78 is 6.41. The Morgan fingerprint density at radius 3 is 2.76 bits per heavy atom. The number of rotatable bonds is 3. The molecular weight excluding hydrogens is 330 g/mol. The summed E-state index contributed by atoms with van der Waals surface area (Å²) in [6.45, 7) is 1.98. The number of hydrogen-bond donors (Lipinski definition) is 1. The maximum atomic E-state index is 5.76. The van der Waals surface area contributed by atoms with Crippen LogP contribution in [0.1, 0.15) is 17.0 Å². The second kappa shape index (κ2) is 5.69. The van der Waals surface area contributed by atoms with E-state index in [0.717, 1.165) is 26.9 Å². The Morgan fingerprint density at radius 2 is 2.00 bits per heavy atom. The normalized spacial score (nSPS) is 10.8. The average molecular weight is 344 g/mol. The van der Waals surface area contributed by atoms with Gasteiger partial charge < -0.3 is 10.3 Å². The zero-order chi connectivity index (χ0) is 14.8. The van der Waals surface area contributed by atoms with E-state index in [1.54, 1.807) is 0 Å². The summed E-state index contributed by atoms with van der Waals surface area (Å²) in [5, 5.41) is 4.05. The molecule has 2 N–H and O–H groups in total. The molecular formula is C16H14BrN3O. The molecule has 1 heterocycles. The van der Waals surface area contributed by atoms with Gasteiger partial charge in [0.15, 0.2) is 5.82 Å². The van der Waals surface area contributed by atoms with E-state index < -0.39 is 0 Å². The fraction of sp³-hybridized carbons (Fsp3) is 0.125. The van der Waals surface area contributed by atoms with Crippen LogP contribution in [-0.2, 0) is 6.42 Å². The Balaban J connectivity index is 1.88. The van der Waals surface area contributed by atoms with Crippen LogP contribution in [0.2, 0.25) is 0 Å². The third kappa shape index (κ3) is 2.97. The Hall–Kier alpha value is -2.14. The number of halogens is 1. The van der Waals surface area contributed by atoms with Crippen molar-refractivity contribution in [3.63, 3.8) is 0 Å². The van der Waals surface area contributed by atoms with Crippen molar-refractivity contribution in [1.82, 2.24) is 10.1 Å². The third-order valence-corrected chi connectivity index (χ3v) is 4.03. The summed E-state index contributed by atoms with van der Waals surface area (Å²) in [4.78, 5) is 4.47. The summed E-state index contributed by atoms with van der Waals surface area (Å²) in [5.74, 6) is 1.18. The summed E-state index contributed by atoms with van der Waals surface area (Å²) in [7, 11) is 0. The molecule has 0 atom stereocenters. The van der Waals surface area contributed by atoms with E-state index >= 15 is 0 Å².